The molecule has 0 aliphatic rings. The molecule has 0 N–H and O–H groups in total. The van der Waals surface area contributed by atoms with Gasteiger partial charge in [-0.05, 0) is 60.8 Å². The Bertz CT molecular complexity index is 3400. The van der Waals surface area contributed by atoms with E-state index in [1.807, 2.05) is 84.9 Å². The predicted molar refractivity (Wildman–Crippen MR) is 239 cm³/mol. The molecule has 0 fully saturated rings. The van der Waals surface area contributed by atoms with Crippen molar-refractivity contribution in [1.29, 1.82) is 0 Å². The van der Waals surface area contributed by atoms with Crippen LogP contribution in [0.1, 0.15) is 16.3 Å². The van der Waals surface area contributed by atoms with Gasteiger partial charge in [-0.25, -0.2) is 15.0 Å². The summed E-state index contributed by atoms with van der Waals surface area (Å²) in [4.78, 5) is 26.4. The van der Waals surface area contributed by atoms with E-state index in [0.29, 0.717) is 29.7 Å². The van der Waals surface area contributed by atoms with Gasteiger partial charge in [0.1, 0.15) is 16.9 Å². The summed E-state index contributed by atoms with van der Waals surface area (Å²) >= 11 is 1.62. The van der Waals surface area contributed by atoms with Crippen LogP contribution in [0.5, 0.6) is 0 Å². The lowest BCUT2D eigenvalue weighted by Crippen LogP contribution is -2.12. The number of furan rings is 1. The topological polar surface area (TPSA) is 81.5 Å². The highest BCUT2D eigenvalue weighted by Gasteiger charge is 2.24. The van der Waals surface area contributed by atoms with Gasteiger partial charge >= 0.3 is 0 Å². The number of thiophene rings is 1. The summed E-state index contributed by atoms with van der Waals surface area (Å²) in [5.41, 5.74) is 9.14. The molecule has 0 aliphatic carbocycles. The number of nitrogens with zero attached hydrogens (tertiary/aromatic N) is 6. The van der Waals surface area contributed by atoms with Gasteiger partial charge in [-0.1, -0.05) is 121 Å². The molecule has 0 radical (unpaired) electrons. The smallest absolute Gasteiger partial charge is 0.183 e. The normalized spacial score (nSPS) is 12.0. The number of aliphatic imine (C=N–C) groups is 2. The van der Waals surface area contributed by atoms with Crippen molar-refractivity contribution >= 4 is 83.3 Å². The van der Waals surface area contributed by atoms with Crippen LogP contribution in [0.25, 0.3) is 82.3 Å². The van der Waals surface area contributed by atoms with Crippen molar-refractivity contribution in [3.63, 3.8) is 0 Å². The fraction of sp³-hybridized carbons (Fsp3) is 0.0200. The summed E-state index contributed by atoms with van der Waals surface area (Å²) in [5, 5.41) is 5.30. The summed E-state index contributed by atoms with van der Waals surface area (Å²) in [5.74, 6) is 1.52. The molecule has 0 saturated carbocycles. The second-order valence-electron chi connectivity index (χ2n) is 14.1. The Morgan fingerprint density at radius 1 is 0.603 bits per heavy atom. The minimum Gasteiger partial charge on any atom is -0.456 e. The molecule has 4 heterocycles. The Balaban J connectivity index is 1.13. The molecule has 11 aromatic rings. The van der Waals surface area contributed by atoms with E-state index in [4.69, 9.17) is 24.4 Å². The van der Waals surface area contributed by atoms with E-state index in [-0.39, 0.29) is 0 Å². The molecule has 0 amide bonds. The summed E-state index contributed by atoms with van der Waals surface area (Å²) in [7, 11) is 0. The number of hydrogen-bond donors (Lipinski definition) is 0. The van der Waals surface area contributed by atoms with E-state index in [2.05, 4.69) is 101 Å². The van der Waals surface area contributed by atoms with Crippen LogP contribution in [0, 0.1) is 0 Å². The molecule has 11 rings (SSSR count). The molecule has 8 heteroatoms. The number of aromatic nitrogens is 4. The lowest BCUT2D eigenvalue weighted by molar-refractivity contribution is 0.669. The lowest BCUT2D eigenvalue weighted by atomic mass is 10.1. The third kappa shape index (κ3) is 5.61. The minimum atomic E-state index is 0.380. The zero-order valence-corrected chi connectivity index (χ0v) is 31.9. The van der Waals surface area contributed by atoms with Crippen LogP contribution >= 0.6 is 11.3 Å². The van der Waals surface area contributed by atoms with Crippen LogP contribution in [-0.2, 0) is 6.54 Å². The van der Waals surface area contributed by atoms with Crippen molar-refractivity contribution in [2.75, 3.05) is 0 Å². The maximum absolute atomic E-state index is 6.30. The van der Waals surface area contributed by atoms with Crippen LogP contribution in [0.3, 0.4) is 0 Å². The highest BCUT2D eigenvalue weighted by Crippen LogP contribution is 2.41. The Morgan fingerprint density at radius 3 is 2.14 bits per heavy atom. The van der Waals surface area contributed by atoms with Crippen molar-refractivity contribution in [3.8, 4) is 28.5 Å². The van der Waals surface area contributed by atoms with E-state index in [1.165, 1.54) is 10.8 Å². The van der Waals surface area contributed by atoms with E-state index in [9.17, 15) is 0 Å². The molecule has 0 spiro atoms. The van der Waals surface area contributed by atoms with Gasteiger partial charge in [0.15, 0.2) is 17.5 Å². The first-order valence-electron chi connectivity index (χ1n) is 19.0. The summed E-state index contributed by atoms with van der Waals surface area (Å²) < 4.78 is 9.70. The molecule has 274 valence electrons. The average Bonchev–Trinajstić information content (AvgIpc) is 3.96. The Kier molecular flexibility index (Phi) is 8.08. The monoisotopic (exact) mass is 764 g/mol. The number of rotatable bonds is 8. The second kappa shape index (κ2) is 13.9. The van der Waals surface area contributed by atoms with Gasteiger partial charge < -0.3 is 8.98 Å². The zero-order chi connectivity index (χ0) is 38.6. The molecular weight excluding hydrogens is 733 g/mol. The molecule has 7 nitrogen and oxygen atoms in total. The van der Waals surface area contributed by atoms with Crippen LogP contribution in [0.4, 0.5) is 5.69 Å². The fourth-order valence-corrected chi connectivity index (χ4v) is 9.18. The van der Waals surface area contributed by atoms with Gasteiger partial charge in [-0.2, -0.15) is 0 Å². The van der Waals surface area contributed by atoms with E-state index < -0.39 is 0 Å². The maximum Gasteiger partial charge on any atom is 0.183 e. The third-order valence-corrected chi connectivity index (χ3v) is 11.8. The molecule has 0 saturated heterocycles. The van der Waals surface area contributed by atoms with Crippen molar-refractivity contribution < 1.29 is 4.42 Å². The first kappa shape index (κ1) is 33.8. The van der Waals surface area contributed by atoms with E-state index in [0.717, 1.165) is 76.0 Å². The molecule has 0 aliphatic heterocycles. The van der Waals surface area contributed by atoms with Gasteiger partial charge in [0.25, 0.3) is 0 Å². The number of fused-ring (bicyclic) bond motifs is 7. The van der Waals surface area contributed by atoms with Gasteiger partial charge in [-0.3, -0.25) is 9.98 Å². The summed E-state index contributed by atoms with van der Waals surface area (Å²) in [6.45, 7) is 4.40. The van der Waals surface area contributed by atoms with E-state index >= 15 is 0 Å². The van der Waals surface area contributed by atoms with Crippen molar-refractivity contribution in [3.05, 3.63) is 186 Å². The molecule has 0 atom stereocenters. The number of para-hydroxylation sites is 3. The van der Waals surface area contributed by atoms with Crippen LogP contribution < -0.4 is 0 Å². The predicted octanol–water partition coefficient (Wildman–Crippen LogP) is 12.8. The zero-order valence-electron chi connectivity index (χ0n) is 31.1. The average molecular weight is 765 g/mol. The summed E-state index contributed by atoms with van der Waals surface area (Å²) in [6.07, 6.45) is 0. The lowest BCUT2D eigenvalue weighted by Gasteiger charge is -2.11. The largest absolute Gasteiger partial charge is 0.456 e. The van der Waals surface area contributed by atoms with Gasteiger partial charge in [0, 0.05) is 48.4 Å². The van der Waals surface area contributed by atoms with Crippen molar-refractivity contribution in [2.24, 2.45) is 9.98 Å². The van der Waals surface area contributed by atoms with Gasteiger partial charge in [0.05, 0.1) is 28.1 Å². The quantitative estimate of drug-likeness (QED) is 0.144. The molecule has 0 unspecified atom stereocenters. The maximum atomic E-state index is 6.30. The number of hydrogen-bond acceptors (Lipinski definition) is 7. The Morgan fingerprint density at radius 2 is 1.29 bits per heavy atom. The first-order valence-corrected chi connectivity index (χ1v) is 19.9. The van der Waals surface area contributed by atoms with Crippen LogP contribution in [-0.4, -0.2) is 31.9 Å². The highest BCUT2D eigenvalue weighted by molar-refractivity contribution is 7.21. The Labute approximate surface area is 337 Å². The summed E-state index contributed by atoms with van der Waals surface area (Å²) in [6, 6.07) is 58.0. The standard InChI is InChI=1S/C50H32N6OS/c1-51-45-36-21-10-13-26-43(36)58-47(45)46(52-30-31-27-28-40-38(29-31)34-19-8-11-23-39(34)56(40)33-17-6-3-7-18-33)50-54-48(32-15-4-2-5-16-32)53-49(55-50)37-22-14-25-42-44(37)35-20-9-12-24-41(35)57-42/h2-29H,1,30H2. The van der Waals surface area contributed by atoms with Crippen molar-refractivity contribution in [2.45, 2.75) is 6.54 Å². The van der Waals surface area contributed by atoms with Gasteiger partial charge in [0.2, 0.25) is 0 Å². The molecular formula is C50H32N6OS. The first-order chi connectivity index (χ1) is 28.7. The third-order valence-electron chi connectivity index (χ3n) is 10.6. The Hall–Kier alpha value is -7.55. The molecule has 0 bridgehead atoms. The second-order valence-corrected chi connectivity index (χ2v) is 15.1. The highest BCUT2D eigenvalue weighted by atomic mass is 32.1. The molecule has 7 aromatic carbocycles. The minimum absolute atomic E-state index is 0.380. The van der Waals surface area contributed by atoms with Crippen LogP contribution in [0.15, 0.2) is 184 Å². The van der Waals surface area contributed by atoms with Crippen molar-refractivity contribution in [1.82, 2.24) is 19.5 Å². The fourth-order valence-electron chi connectivity index (χ4n) is 8.02. The van der Waals surface area contributed by atoms with E-state index in [1.54, 1.807) is 11.3 Å². The molecule has 58 heavy (non-hydrogen) atoms. The van der Waals surface area contributed by atoms with Gasteiger partial charge in [-0.15, -0.1) is 11.3 Å². The SMILES string of the molecule is C=Nc1c(C(=NCc2ccc3c(c2)c2ccccc2n3-c2ccccc2)c2nc(-c3ccccc3)nc(-c3cccc4oc5ccccc5c34)n2)sc2ccccc12. The van der Waals surface area contributed by atoms with Crippen LogP contribution in [0.2, 0.25) is 0 Å². The number of benzene rings is 7. The molecule has 4 aromatic heterocycles.